The fourth-order valence-corrected chi connectivity index (χ4v) is 1.91. The van der Waals surface area contributed by atoms with Crippen molar-refractivity contribution in [3.05, 3.63) is 0 Å². The predicted molar refractivity (Wildman–Crippen MR) is 58.7 cm³/mol. The van der Waals surface area contributed by atoms with Crippen molar-refractivity contribution in [2.45, 2.75) is 26.0 Å². The second-order valence-corrected chi connectivity index (χ2v) is 3.86. The number of carbonyl (C=O) groups is 1. The number of hydrogen-bond acceptors (Lipinski definition) is 3. The molecule has 1 fully saturated rings. The van der Waals surface area contributed by atoms with Gasteiger partial charge in [-0.2, -0.15) is 0 Å². The number of β-amino-alcohol motifs (C(OH)–C–C–N with tert-alkyl or cyclic N) is 1. The van der Waals surface area contributed by atoms with Gasteiger partial charge < -0.3 is 20.2 Å². The molecular formula is C10H21N3O2. The predicted octanol–water partition coefficient (Wildman–Crippen LogP) is -0.287. The van der Waals surface area contributed by atoms with E-state index in [1.807, 2.05) is 13.8 Å². The maximum Gasteiger partial charge on any atom is 0.320 e. The van der Waals surface area contributed by atoms with Gasteiger partial charge in [-0.1, -0.05) is 0 Å². The van der Waals surface area contributed by atoms with Gasteiger partial charge in [0.1, 0.15) is 0 Å². The minimum absolute atomic E-state index is 0.00671. The second kappa shape index (κ2) is 5.32. The van der Waals surface area contributed by atoms with Crippen molar-refractivity contribution in [2.24, 2.45) is 0 Å². The first kappa shape index (κ1) is 12.3. The summed E-state index contributed by atoms with van der Waals surface area (Å²) in [6.45, 7) is 6.56. The molecule has 2 atom stereocenters. The molecule has 0 aliphatic carbocycles. The minimum atomic E-state index is -0.450. The smallest absolute Gasteiger partial charge is 0.320 e. The molecule has 0 aromatic heterocycles. The Labute approximate surface area is 91.0 Å². The zero-order valence-corrected chi connectivity index (χ0v) is 9.73. The van der Waals surface area contributed by atoms with Crippen LogP contribution in [0.5, 0.6) is 0 Å². The van der Waals surface area contributed by atoms with Crippen LogP contribution < -0.4 is 5.32 Å². The largest absolute Gasteiger partial charge is 0.390 e. The Morgan fingerprint density at radius 3 is 2.40 bits per heavy atom. The zero-order valence-electron chi connectivity index (χ0n) is 9.73. The highest BCUT2D eigenvalue weighted by atomic mass is 16.3. The van der Waals surface area contributed by atoms with Crippen LogP contribution in [0.1, 0.15) is 13.8 Å². The summed E-state index contributed by atoms with van der Waals surface area (Å²) in [5.74, 6) is 0. The van der Waals surface area contributed by atoms with E-state index in [2.05, 4.69) is 5.32 Å². The van der Waals surface area contributed by atoms with E-state index in [1.165, 1.54) is 0 Å². The highest BCUT2D eigenvalue weighted by molar-refractivity contribution is 5.74. The molecule has 5 nitrogen and oxygen atoms in total. The number of amides is 2. The number of carbonyl (C=O) groups excluding carboxylic acids is 1. The van der Waals surface area contributed by atoms with Crippen LogP contribution in [-0.2, 0) is 0 Å². The molecule has 0 saturated carbocycles. The lowest BCUT2D eigenvalue weighted by Crippen LogP contribution is -2.50. The lowest BCUT2D eigenvalue weighted by atomic mass is 10.2. The first-order chi connectivity index (χ1) is 7.11. The van der Waals surface area contributed by atoms with E-state index >= 15 is 0 Å². The summed E-state index contributed by atoms with van der Waals surface area (Å²) < 4.78 is 0. The molecule has 1 heterocycles. The maximum absolute atomic E-state index is 12.0. The van der Waals surface area contributed by atoms with Crippen LogP contribution in [0.2, 0.25) is 0 Å². The van der Waals surface area contributed by atoms with Crippen LogP contribution in [0, 0.1) is 0 Å². The zero-order chi connectivity index (χ0) is 11.4. The molecule has 0 radical (unpaired) electrons. The number of nitrogens with zero attached hydrogens (tertiary/aromatic N) is 2. The van der Waals surface area contributed by atoms with Gasteiger partial charge in [0.05, 0.1) is 12.1 Å². The van der Waals surface area contributed by atoms with Gasteiger partial charge in [-0.15, -0.1) is 0 Å². The molecule has 1 aliphatic heterocycles. The van der Waals surface area contributed by atoms with Crippen molar-refractivity contribution in [2.75, 3.05) is 33.2 Å². The highest BCUT2D eigenvalue weighted by Crippen LogP contribution is 2.09. The molecule has 1 aliphatic rings. The number of aliphatic hydroxyl groups is 1. The van der Waals surface area contributed by atoms with Gasteiger partial charge >= 0.3 is 6.03 Å². The van der Waals surface area contributed by atoms with Gasteiger partial charge in [0.15, 0.2) is 0 Å². The van der Waals surface area contributed by atoms with Crippen LogP contribution in [0.15, 0.2) is 0 Å². The van der Waals surface area contributed by atoms with Gasteiger partial charge in [0.2, 0.25) is 0 Å². The van der Waals surface area contributed by atoms with Crippen molar-refractivity contribution in [1.82, 2.24) is 15.1 Å². The molecule has 88 valence electrons. The quantitative estimate of drug-likeness (QED) is 0.680. The third-order valence-electron chi connectivity index (χ3n) is 2.98. The minimum Gasteiger partial charge on any atom is -0.390 e. The molecule has 15 heavy (non-hydrogen) atoms. The molecule has 0 bridgehead atoms. The van der Waals surface area contributed by atoms with E-state index in [9.17, 15) is 9.90 Å². The standard InChI is InChI=1S/C10H21N3O2/c1-4-13(5-2)10(15)12(3)8-6-11-7-9(8)14/h8-9,11,14H,4-7H2,1-3H3/t8-,9-/m0/s1. The second-order valence-electron chi connectivity index (χ2n) is 3.86. The molecule has 0 aromatic rings. The number of rotatable bonds is 3. The molecule has 2 amide bonds. The third-order valence-corrected chi connectivity index (χ3v) is 2.98. The summed E-state index contributed by atoms with van der Waals surface area (Å²) in [7, 11) is 1.75. The number of aliphatic hydroxyl groups excluding tert-OH is 1. The molecule has 0 unspecified atom stereocenters. The maximum atomic E-state index is 12.0. The molecule has 1 saturated heterocycles. The lowest BCUT2D eigenvalue weighted by Gasteiger charge is -2.31. The molecule has 0 aromatic carbocycles. The fourth-order valence-electron chi connectivity index (χ4n) is 1.91. The summed E-state index contributed by atoms with van der Waals surface area (Å²) in [6, 6.07) is -0.106. The Bertz CT molecular complexity index is 219. The first-order valence-electron chi connectivity index (χ1n) is 5.52. The third kappa shape index (κ3) is 2.60. The van der Waals surface area contributed by atoms with Crippen LogP contribution in [-0.4, -0.2) is 66.3 Å². The highest BCUT2D eigenvalue weighted by Gasteiger charge is 2.32. The Kier molecular flexibility index (Phi) is 4.35. The SMILES string of the molecule is CCN(CC)C(=O)N(C)[C@H]1CNC[C@@H]1O. The Hall–Kier alpha value is -0.810. The summed E-state index contributed by atoms with van der Waals surface area (Å²) in [5, 5.41) is 12.7. The van der Waals surface area contributed by atoms with E-state index in [-0.39, 0.29) is 12.1 Å². The summed E-state index contributed by atoms with van der Waals surface area (Å²) in [5.41, 5.74) is 0. The van der Waals surface area contributed by atoms with E-state index < -0.39 is 6.10 Å². The summed E-state index contributed by atoms with van der Waals surface area (Å²) >= 11 is 0. The van der Waals surface area contributed by atoms with Crippen molar-refractivity contribution >= 4 is 6.03 Å². The van der Waals surface area contributed by atoms with E-state index in [0.717, 1.165) is 0 Å². The first-order valence-corrected chi connectivity index (χ1v) is 5.52. The van der Waals surface area contributed by atoms with Gasteiger partial charge in [-0.3, -0.25) is 0 Å². The van der Waals surface area contributed by atoms with Crippen LogP contribution >= 0.6 is 0 Å². The molecular weight excluding hydrogens is 194 g/mol. The Balaban J connectivity index is 2.58. The molecule has 5 heteroatoms. The van der Waals surface area contributed by atoms with Gasteiger partial charge in [0, 0.05) is 33.2 Å². The summed E-state index contributed by atoms with van der Waals surface area (Å²) in [4.78, 5) is 15.3. The van der Waals surface area contributed by atoms with Gasteiger partial charge in [-0.05, 0) is 13.8 Å². The van der Waals surface area contributed by atoms with Gasteiger partial charge in [0.25, 0.3) is 0 Å². The van der Waals surface area contributed by atoms with Crippen molar-refractivity contribution in [1.29, 1.82) is 0 Å². The van der Waals surface area contributed by atoms with E-state index in [1.54, 1.807) is 16.8 Å². The molecule has 0 spiro atoms. The normalized spacial score (nSPS) is 25.3. The van der Waals surface area contributed by atoms with Crippen LogP contribution in [0.25, 0.3) is 0 Å². The number of urea groups is 1. The Morgan fingerprint density at radius 2 is 2.00 bits per heavy atom. The average molecular weight is 215 g/mol. The van der Waals surface area contributed by atoms with Crippen LogP contribution in [0.4, 0.5) is 4.79 Å². The molecule has 2 N–H and O–H groups in total. The van der Waals surface area contributed by atoms with E-state index in [0.29, 0.717) is 26.2 Å². The lowest BCUT2D eigenvalue weighted by molar-refractivity contribution is 0.0947. The number of likely N-dealkylation sites (N-methyl/N-ethyl adjacent to an activating group) is 1. The van der Waals surface area contributed by atoms with Crippen molar-refractivity contribution < 1.29 is 9.90 Å². The van der Waals surface area contributed by atoms with Gasteiger partial charge in [-0.25, -0.2) is 4.79 Å². The number of hydrogen-bond donors (Lipinski definition) is 2. The summed E-state index contributed by atoms with van der Waals surface area (Å²) in [6.07, 6.45) is -0.450. The van der Waals surface area contributed by atoms with E-state index in [4.69, 9.17) is 0 Å². The number of nitrogens with one attached hydrogen (secondary N) is 1. The fraction of sp³-hybridized carbons (Fsp3) is 0.900. The van der Waals surface area contributed by atoms with Crippen molar-refractivity contribution in [3.8, 4) is 0 Å². The van der Waals surface area contributed by atoms with Crippen molar-refractivity contribution in [3.63, 3.8) is 0 Å². The van der Waals surface area contributed by atoms with Crippen LogP contribution in [0.3, 0.4) is 0 Å². The average Bonchev–Trinajstić information content (AvgIpc) is 2.65. The topological polar surface area (TPSA) is 55.8 Å². The Morgan fingerprint density at radius 1 is 1.40 bits per heavy atom. The molecule has 1 rings (SSSR count). The monoisotopic (exact) mass is 215 g/mol.